The molecule has 2 aromatic carbocycles. The molecular weight excluding hydrogens is 421 g/mol. The quantitative estimate of drug-likeness (QED) is 0.539. The van der Waals surface area contributed by atoms with Crippen molar-refractivity contribution in [2.75, 3.05) is 43.1 Å². The first-order valence-electron chi connectivity index (χ1n) is 11.0. The van der Waals surface area contributed by atoms with Gasteiger partial charge in [-0.25, -0.2) is 9.37 Å². The lowest BCUT2D eigenvalue weighted by Crippen LogP contribution is -2.36. The zero-order valence-electron chi connectivity index (χ0n) is 18.9. The van der Waals surface area contributed by atoms with E-state index in [2.05, 4.69) is 22.1 Å². The third kappa shape index (κ3) is 5.46. The van der Waals surface area contributed by atoms with Crippen LogP contribution in [0.5, 0.6) is 0 Å². The molecule has 1 fully saturated rings. The van der Waals surface area contributed by atoms with Crippen LogP contribution in [0.2, 0.25) is 0 Å². The standard InChI is InChI=1S/C25H28FN5O2/c1-16(32)14-27-17(2)19-11-22(18(3)29-21-6-4-5-20(26)13-21)25-23(12-19)28-15-24(30-25)31-7-9-33-10-8-31/h4-6,11-13,15,18,27,29H,2,7-10,14H2,1,3H3. The van der Waals surface area contributed by atoms with Gasteiger partial charge in [0.15, 0.2) is 0 Å². The Bertz CT molecular complexity index is 1180. The molecule has 0 aliphatic carbocycles. The summed E-state index contributed by atoms with van der Waals surface area (Å²) in [6, 6.07) is 10.1. The Hall–Kier alpha value is -3.52. The molecule has 33 heavy (non-hydrogen) atoms. The summed E-state index contributed by atoms with van der Waals surface area (Å²) in [7, 11) is 0. The number of ether oxygens (including phenoxy) is 1. The van der Waals surface area contributed by atoms with Crippen LogP contribution in [-0.4, -0.2) is 48.6 Å². The highest BCUT2D eigenvalue weighted by molar-refractivity contribution is 5.85. The second-order valence-electron chi connectivity index (χ2n) is 8.17. The van der Waals surface area contributed by atoms with Gasteiger partial charge in [0.05, 0.1) is 43.0 Å². The van der Waals surface area contributed by atoms with E-state index < -0.39 is 0 Å². The minimum absolute atomic E-state index is 0.0215. The lowest BCUT2D eigenvalue weighted by Gasteiger charge is -2.28. The molecule has 3 aromatic rings. The minimum atomic E-state index is -0.304. The Morgan fingerprint density at radius 1 is 1.27 bits per heavy atom. The number of carbonyl (C=O) groups is 1. The summed E-state index contributed by atoms with van der Waals surface area (Å²) in [6.07, 6.45) is 1.78. The predicted octanol–water partition coefficient (Wildman–Crippen LogP) is 3.93. The van der Waals surface area contributed by atoms with Crippen molar-refractivity contribution in [1.29, 1.82) is 0 Å². The Labute approximate surface area is 192 Å². The first kappa shape index (κ1) is 22.7. The SMILES string of the molecule is C=C(NCC(C)=O)c1cc(C(C)Nc2cccc(F)c2)c2nc(N3CCOCC3)cnc2c1. The van der Waals surface area contributed by atoms with Gasteiger partial charge in [0.2, 0.25) is 0 Å². The van der Waals surface area contributed by atoms with Gasteiger partial charge in [0.25, 0.3) is 0 Å². The second-order valence-corrected chi connectivity index (χ2v) is 8.17. The highest BCUT2D eigenvalue weighted by atomic mass is 19.1. The second kappa shape index (κ2) is 9.95. The molecule has 0 radical (unpaired) electrons. The van der Waals surface area contributed by atoms with Crippen molar-refractivity contribution < 1.29 is 13.9 Å². The average Bonchev–Trinajstić information content (AvgIpc) is 2.82. The monoisotopic (exact) mass is 449 g/mol. The van der Waals surface area contributed by atoms with Gasteiger partial charge in [-0.05, 0) is 49.7 Å². The molecule has 1 aromatic heterocycles. The summed E-state index contributed by atoms with van der Waals surface area (Å²) < 4.78 is 19.2. The van der Waals surface area contributed by atoms with Crippen LogP contribution in [0.15, 0.2) is 49.2 Å². The van der Waals surface area contributed by atoms with Crippen LogP contribution >= 0.6 is 0 Å². The van der Waals surface area contributed by atoms with Crippen LogP contribution in [0.25, 0.3) is 16.7 Å². The number of nitrogens with zero attached hydrogens (tertiary/aromatic N) is 3. The van der Waals surface area contributed by atoms with Gasteiger partial charge in [-0.15, -0.1) is 0 Å². The van der Waals surface area contributed by atoms with E-state index in [4.69, 9.17) is 14.7 Å². The van der Waals surface area contributed by atoms with Crippen LogP contribution < -0.4 is 15.5 Å². The fraction of sp³-hybridized carbons (Fsp3) is 0.320. The fourth-order valence-electron chi connectivity index (χ4n) is 3.82. The molecule has 1 saturated heterocycles. The lowest BCUT2D eigenvalue weighted by atomic mass is 10.0. The smallest absolute Gasteiger partial charge is 0.148 e. The van der Waals surface area contributed by atoms with Gasteiger partial charge in [0, 0.05) is 30.0 Å². The molecule has 2 heterocycles. The number of aromatic nitrogens is 2. The molecule has 0 bridgehead atoms. The van der Waals surface area contributed by atoms with Gasteiger partial charge in [-0.2, -0.15) is 0 Å². The zero-order chi connectivity index (χ0) is 23.4. The predicted molar refractivity (Wildman–Crippen MR) is 129 cm³/mol. The summed E-state index contributed by atoms with van der Waals surface area (Å²) in [4.78, 5) is 23.2. The molecule has 0 amide bonds. The topological polar surface area (TPSA) is 79.4 Å². The van der Waals surface area contributed by atoms with E-state index in [0.717, 1.165) is 41.1 Å². The molecule has 1 aliphatic heterocycles. The van der Waals surface area contributed by atoms with Crippen LogP contribution in [0.1, 0.15) is 31.0 Å². The maximum Gasteiger partial charge on any atom is 0.148 e. The number of benzene rings is 2. The molecule has 1 atom stereocenters. The first-order chi connectivity index (χ1) is 15.9. The molecule has 172 valence electrons. The van der Waals surface area contributed by atoms with Crippen LogP contribution in [-0.2, 0) is 9.53 Å². The number of halogens is 1. The van der Waals surface area contributed by atoms with E-state index in [1.807, 2.05) is 25.1 Å². The third-order valence-corrected chi connectivity index (χ3v) is 5.57. The van der Waals surface area contributed by atoms with E-state index >= 15 is 0 Å². The molecule has 1 aliphatic rings. The summed E-state index contributed by atoms with van der Waals surface area (Å²) >= 11 is 0. The van der Waals surface area contributed by atoms with Gasteiger partial charge in [0.1, 0.15) is 17.4 Å². The number of hydrogen-bond donors (Lipinski definition) is 2. The molecular formula is C25H28FN5O2. The molecule has 0 saturated carbocycles. The summed E-state index contributed by atoms with van der Waals surface area (Å²) in [6.45, 7) is 10.6. The fourth-order valence-corrected chi connectivity index (χ4v) is 3.82. The maximum atomic E-state index is 13.7. The minimum Gasteiger partial charge on any atom is -0.378 e. The first-order valence-corrected chi connectivity index (χ1v) is 11.0. The highest BCUT2D eigenvalue weighted by Gasteiger charge is 2.18. The largest absolute Gasteiger partial charge is 0.378 e. The van der Waals surface area contributed by atoms with Gasteiger partial charge >= 0.3 is 0 Å². The molecule has 2 N–H and O–H groups in total. The van der Waals surface area contributed by atoms with Gasteiger partial charge in [-0.1, -0.05) is 12.6 Å². The van der Waals surface area contributed by atoms with E-state index in [1.54, 1.807) is 12.3 Å². The van der Waals surface area contributed by atoms with Crippen molar-refractivity contribution in [3.63, 3.8) is 0 Å². The normalized spacial score (nSPS) is 14.7. The van der Waals surface area contributed by atoms with Crippen molar-refractivity contribution in [2.45, 2.75) is 19.9 Å². The highest BCUT2D eigenvalue weighted by Crippen LogP contribution is 2.30. The molecule has 0 spiro atoms. The van der Waals surface area contributed by atoms with Crippen molar-refractivity contribution >= 4 is 34.0 Å². The van der Waals surface area contributed by atoms with E-state index in [1.165, 1.54) is 19.1 Å². The third-order valence-electron chi connectivity index (χ3n) is 5.57. The number of fused-ring (bicyclic) bond motifs is 1. The number of anilines is 2. The van der Waals surface area contributed by atoms with Crippen molar-refractivity contribution in [3.05, 3.63) is 66.1 Å². The van der Waals surface area contributed by atoms with Crippen LogP contribution in [0.3, 0.4) is 0 Å². The van der Waals surface area contributed by atoms with Crippen molar-refractivity contribution in [1.82, 2.24) is 15.3 Å². The Balaban J connectivity index is 1.74. The Kier molecular flexibility index (Phi) is 6.84. The summed E-state index contributed by atoms with van der Waals surface area (Å²) in [5.41, 5.74) is 4.51. The molecule has 4 rings (SSSR count). The number of nitrogens with one attached hydrogen (secondary N) is 2. The number of Topliss-reactive ketones (excluding diaryl/α,β-unsaturated/α-hetero) is 1. The lowest BCUT2D eigenvalue weighted by molar-refractivity contribution is -0.116. The Morgan fingerprint density at radius 3 is 2.79 bits per heavy atom. The van der Waals surface area contributed by atoms with Crippen molar-refractivity contribution in [2.24, 2.45) is 0 Å². The number of morpholine rings is 1. The van der Waals surface area contributed by atoms with Gasteiger partial charge in [-0.3, -0.25) is 9.78 Å². The van der Waals surface area contributed by atoms with E-state index in [-0.39, 0.29) is 24.2 Å². The molecule has 8 heteroatoms. The Morgan fingerprint density at radius 2 is 2.06 bits per heavy atom. The average molecular weight is 450 g/mol. The number of rotatable bonds is 8. The van der Waals surface area contributed by atoms with Gasteiger partial charge < -0.3 is 20.3 Å². The summed E-state index contributed by atoms with van der Waals surface area (Å²) in [5.74, 6) is 0.515. The molecule has 1 unspecified atom stereocenters. The maximum absolute atomic E-state index is 13.7. The number of carbonyl (C=O) groups excluding carboxylic acids is 1. The number of ketones is 1. The van der Waals surface area contributed by atoms with Crippen LogP contribution in [0.4, 0.5) is 15.9 Å². The zero-order valence-corrected chi connectivity index (χ0v) is 18.9. The number of hydrogen-bond acceptors (Lipinski definition) is 7. The summed E-state index contributed by atoms with van der Waals surface area (Å²) in [5, 5.41) is 6.43. The van der Waals surface area contributed by atoms with E-state index in [0.29, 0.717) is 24.6 Å². The van der Waals surface area contributed by atoms with Crippen LogP contribution in [0, 0.1) is 5.82 Å². The van der Waals surface area contributed by atoms with Crippen molar-refractivity contribution in [3.8, 4) is 0 Å². The van der Waals surface area contributed by atoms with E-state index in [9.17, 15) is 9.18 Å². The molecule has 7 nitrogen and oxygen atoms in total.